The van der Waals surface area contributed by atoms with E-state index in [0.717, 1.165) is 11.3 Å². The average Bonchev–Trinajstić information content (AvgIpc) is 2.69. The van der Waals surface area contributed by atoms with Crippen LogP contribution in [0.2, 0.25) is 0 Å². The predicted octanol–water partition coefficient (Wildman–Crippen LogP) is 5.48. The second-order valence-electron chi connectivity index (χ2n) is 5.58. The zero-order chi connectivity index (χ0) is 16.2. The van der Waals surface area contributed by atoms with Crippen molar-refractivity contribution in [2.24, 2.45) is 0 Å². The van der Waals surface area contributed by atoms with E-state index in [4.69, 9.17) is 0 Å². The molecule has 0 aliphatic carbocycles. The van der Waals surface area contributed by atoms with Crippen molar-refractivity contribution in [2.45, 2.75) is 0 Å². The van der Waals surface area contributed by atoms with Gasteiger partial charge in [0, 0.05) is 11.8 Å². The molecule has 4 rings (SSSR count). The fraction of sp³-hybridized carbons (Fsp3) is 0. The number of nitrogens with zero attached hydrogens (tertiary/aromatic N) is 2. The van der Waals surface area contributed by atoms with Crippen LogP contribution in [-0.4, -0.2) is 9.97 Å². The van der Waals surface area contributed by atoms with Crippen LogP contribution in [0.25, 0.3) is 33.5 Å². The Labute approximate surface area is 141 Å². The molecule has 4 aromatic rings. The smallest absolute Gasteiger partial charge is 0.116 e. The lowest BCUT2D eigenvalue weighted by molar-refractivity contribution is 1.17. The molecule has 0 saturated heterocycles. The molecule has 0 aliphatic heterocycles. The zero-order valence-electron chi connectivity index (χ0n) is 13.1. The molecule has 1 aromatic heterocycles. The van der Waals surface area contributed by atoms with Crippen LogP contribution in [0, 0.1) is 0 Å². The molecule has 114 valence electrons. The summed E-state index contributed by atoms with van der Waals surface area (Å²) in [5.74, 6) is 0. The molecule has 3 aromatic carbocycles. The second-order valence-corrected chi connectivity index (χ2v) is 5.58. The number of aromatic nitrogens is 2. The third-order valence-electron chi connectivity index (χ3n) is 4.09. The third-order valence-corrected chi connectivity index (χ3v) is 4.09. The summed E-state index contributed by atoms with van der Waals surface area (Å²) in [5.41, 5.74) is 6.94. The van der Waals surface area contributed by atoms with Gasteiger partial charge in [-0.25, -0.2) is 9.97 Å². The van der Waals surface area contributed by atoms with Gasteiger partial charge in [-0.15, -0.1) is 0 Å². The first-order chi connectivity index (χ1) is 11.9. The minimum absolute atomic E-state index is 0.938. The van der Waals surface area contributed by atoms with Gasteiger partial charge in [0.15, 0.2) is 0 Å². The first-order valence-electron chi connectivity index (χ1n) is 7.93. The highest BCUT2D eigenvalue weighted by molar-refractivity contribution is 5.84. The molecule has 0 spiro atoms. The van der Waals surface area contributed by atoms with Crippen molar-refractivity contribution in [3.05, 3.63) is 97.5 Å². The Hall–Kier alpha value is -3.26. The highest BCUT2D eigenvalue weighted by Gasteiger charge is 2.07. The summed E-state index contributed by atoms with van der Waals surface area (Å²) in [5, 5.41) is 0. The Morgan fingerprint density at radius 1 is 0.500 bits per heavy atom. The monoisotopic (exact) mass is 308 g/mol. The van der Waals surface area contributed by atoms with Gasteiger partial charge < -0.3 is 0 Å². The number of hydrogen-bond acceptors (Lipinski definition) is 2. The summed E-state index contributed by atoms with van der Waals surface area (Å²) in [4.78, 5) is 8.28. The lowest BCUT2D eigenvalue weighted by Gasteiger charge is -2.10. The van der Waals surface area contributed by atoms with Gasteiger partial charge in [-0.05, 0) is 28.3 Å². The van der Waals surface area contributed by atoms with Crippen molar-refractivity contribution in [1.29, 1.82) is 0 Å². The van der Waals surface area contributed by atoms with E-state index in [9.17, 15) is 0 Å². The minimum Gasteiger partial charge on any atom is -0.245 e. The van der Waals surface area contributed by atoms with Crippen LogP contribution in [0.15, 0.2) is 97.5 Å². The molecule has 0 aliphatic rings. The molecule has 0 N–H and O–H groups in total. The Morgan fingerprint density at radius 3 is 1.71 bits per heavy atom. The van der Waals surface area contributed by atoms with Crippen LogP contribution in [0.5, 0.6) is 0 Å². The molecule has 0 unspecified atom stereocenters. The van der Waals surface area contributed by atoms with E-state index in [1.54, 1.807) is 12.5 Å². The van der Waals surface area contributed by atoms with Crippen molar-refractivity contribution in [3.63, 3.8) is 0 Å². The molecule has 0 atom stereocenters. The van der Waals surface area contributed by atoms with Crippen LogP contribution in [-0.2, 0) is 0 Å². The van der Waals surface area contributed by atoms with Crippen LogP contribution in [0.3, 0.4) is 0 Å². The fourth-order valence-electron chi connectivity index (χ4n) is 2.89. The van der Waals surface area contributed by atoms with E-state index in [2.05, 4.69) is 82.8 Å². The van der Waals surface area contributed by atoms with Gasteiger partial charge in [0.25, 0.3) is 0 Å². The standard InChI is InChI=1S/C22H16N2/c1-2-6-17(7-3-1)20-8-4-5-9-21(20)18-10-12-19(13-11-18)22-14-15-23-16-24-22/h1-16H. The van der Waals surface area contributed by atoms with Crippen LogP contribution < -0.4 is 0 Å². The van der Waals surface area contributed by atoms with Crippen molar-refractivity contribution in [2.75, 3.05) is 0 Å². The first-order valence-corrected chi connectivity index (χ1v) is 7.93. The van der Waals surface area contributed by atoms with E-state index >= 15 is 0 Å². The lowest BCUT2D eigenvalue weighted by atomic mass is 9.94. The Balaban J connectivity index is 1.75. The normalized spacial score (nSPS) is 10.5. The lowest BCUT2D eigenvalue weighted by Crippen LogP contribution is -1.86. The highest BCUT2D eigenvalue weighted by Crippen LogP contribution is 2.32. The summed E-state index contributed by atoms with van der Waals surface area (Å²) >= 11 is 0. The molecule has 0 amide bonds. The van der Waals surface area contributed by atoms with E-state index in [-0.39, 0.29) is 0 Å². The van der Waals surface area contributed by atoms with E-state index in [1.165, 1.54) is 22.3 Å². The van der Waals surface area contributed by atoms with Gasteiger partial charge in [0.2, 0.25) is 0 Å². The molecule has 0 saturated carbocycles. The molecule has 2 heteroatoms. The average molecular weight is 308 g/mol. The first kappa shape index (κ1) is 14.3. The van der Waals surface area contributed by atoms with Gasteiger partial charge >= 0.3 is 0 Å². The number of rotatable bonds is 3. The molecular formula is C22H16N2. The summed E-state index contributed by atoms with van der Waals surface area (Å²) < 4.78 is 0. The quantitative estimate of drug-likeness (QED) is 0.501. The molecule has 1 heterocycles. The highest BCUT2D eigenvalue weighted by atomic mass is 14.8. The Bertz CT molecular complexity index is 930. The van der Waals surface area contributed by atoms with Gasteiger partial charge in [0.1, 0.15) is 6.33 Å². The molecule has 0 radical (unpaired) electrons. The van der Waals surface area contributed by atoms with Crippen molar-refractivity contribution in [3.8, 4) is 33.5 Å². The topological polar surface area (TPSA) is 25.8 Å². The molecule has 2 nitrogen and oxygen atoms in total. The maximum Gasteiger partial charge on any atom is 0.116 e. The second kappa shape index (κ2) is 6.47. The number of hydrogen-bond donors (Lipinski definition) is 0. The van der Waals surface area contributed by atoms with E-state index < -0.39 is 0 Å². The summed E-state index contributed by atoms with van der Waals surface area (Å²) in [7, 11) is 0. The Kier molecular flexibility index (Phi) is 3.86. The summed E-state index contributed by atoms with van der Waals surface area (Å²) in [6.45, 7) is 0. The largest absolute Gasteiger partial charge is 0.245 e. The minimum atomic E-state index is 0.938. The van der Waals surface area contributed by atoms with Gasteiger partial charge in [-0.1, -0.05) is 78.9 Å². The molecular weight excluding hydrogens is 292 g/mol. The molecule has 0 fully saturated rings. The maximum absolute atomic E-state index is 4.31. The zero-order valence-corrected chi connectivity index (χ0v) is 13.1. The summed E-state index contributed by atoms with van der Waals surface area (Å²) in [6.07, 6.45) is 3.34. The van der Waals surface area contributed by atoms with E-state index in [0.29, 0.717) is 0 Å². The van der Waals surface area contributed by atoms with E-state index in [1.807, 2.05) is 12.1 Å². The fourth-order valence-corrected chi connectivity index (χ4v) is 2.89. The van der Waals surface area contributed by atoms with Crippen LogP contribution >= 0.6 is 0 Å². The van der Waals surface area contributed by atoms with Crippen molar-refractivity contribution >= 4 is 0 Å². The van der Waals surface area contributed by atoms with Gasteiger partial charge in [-0.2, -0.15) is 0 Å². The predicted molar refractivity (Wildman–Crippen MR) is 98.3 cm³/mol. The number of benzene rings is 3. The maximum atomic E-state index is 4.31. The SMILES string of the molecule is c1ccc(-c2ccccc2-c2ccc(-c3ccncn3)cc2)cc1. The van der Waals surface area contributed by atoms with Crippen molar-refractivity contribution in [1.82, 2.24) is 9.97 Å². The summed E-state index contributed by atoms with van der Waals surface area (Å²) in [6, 6.07) is 29.4. The third kappa shape index (κ3) is 2.82. The van der Waals surface area contributed by atoms with Gasteiger partial charge in [-0.3, -0.25) is 0 Å². The van der Waals surface area contributed by atoms with Gasteiger partial charge in [0.05, 0.1) is 5.69 Å². The van der Waals surface area contributed by atoms with Crippen molar-refractivity contribution < 1.29 is 0 Å². The van der Waals surface area contributed by atoms with Crippen LogP contribution in [0.4, 0.5) is 0 Å². The molecule has 0 bridgehead atoms. The van der Waals surface area contributed by atoms with Crippen LogP contribution in [0.1, 0.15) is 0 Å². The molecule has 24 heavy (non-hydrogen) atoms. The Morgan fingerprint density at radius 2 is 1.08 bits per heavy atom.